The number of H-pyrrole nitrogens is 1. The number of halogens is 3. The van der Waals surface area contributed by atoms with Crippen molar-refractivity contribution in [3.8, 4) is 17.6 Å². The first-order chi connectivity index (χ1) is 18.3. The van der Waals surface area contributed by atoms with E-state index in [4.69, 9.17) is 4.74 Å². The van der Waals surface area contributed by atoms with Crippen LogP contribution in [0.1, 0.15) is 33.9 Å². The molecule has 4 rings (SSSR count). The number of likely N-dealkylation sites (tertiary alicyclic amines) is 1. The van der Waals surface area contributed by atoms with Crippen LogP contribution in [0.25, 0.3) is 0 Å². The van der Waals surface area contributed by atoms with Crippen LogP contribution in [0.15, 0.2) is 53.6 Å². The van der Waals surface area contributed by atoms with Gasteiger partial charge in [0.25, 0.3) is 12.0 Å². The second kappa shape index (κ2) is 12.7. The van der Waals surface area contributed by atoms with Crippen molar-refractivity contribution in [3.05, 3.63) is 92.9 Å². The van der Waals surface area contributed by atoms with Gasteiger partial charge in [-0.05, 0) is 35.4 Å². The fourth-order valence-electron chi connectivity index (χ4n) is 4.30. The molecule has 1 fully saturated rings. The third kappa shape index (κ3) is 7.22. The molecule has 2 aromatic carbocycles. The van der Waals surface area contributed by atoms with E-state index in [2.05, 4.69) is 32.0 Å². The molecule has 0 saturated carbocycles. The maximum absolute atomic E-state index is 15.2. The number of nitrogens with one attached hydrogen (secondary N) is 2. The first-order valence-electron chi connectivity index (χ1n) is 12.2. The van der Waals surface area contributed by atoms with Crippen molar-refractivity contribution >= 4 is 0 Å². The Balaban J connectivity index is 1.45. The average Bonchev–Trinajstić information content (AvgIpc) is 2.87. The Morgan fingerprint density at radius 1 is 1.16 bits per heavy atom. The summed E-state index contributed by atoms with van der Waals surface area (Å²) in [7, 11) is 1.72. The molecule has 10 heteroatoms. The number of methoxy groups -OCH3 is 1. The van der Waals surface area contributed by atoms with Crippen molar-refractivity contribution in [3.63, 3.8) is 0 Å². The van der Waals surface area contributed by atoms with Gasteiger partial charge < -0.3 is 20.1 Å². The molecule has 1 atom stereocenters. The van der Waals surface area contributed by atoms with Gasteiger partial charge in [-0.1, -0.05) is 30.0 Å². The number of nitrogens with zero attached hydrogens (tertiary/aromatic N) is 2. The lowest BCUT2D eigenvalue weighted by Gasteiger charge is -2.38. The Morgan fingerprint density at radius 3 is 2.55 bits per heavy atom. The van der Waals surface area contributed by atoms with E-state index in [9.17, 15) is 18.7 Å². The summed E-state index contributed by atoms with van der Waals surface area (Å²) in [6.45, 7) is 2.11. The Hall–Kier alpha value is -3.65. The van der Waals surface area contributed by atoms with Gasteiger partial charge in [0.2, 0.25) is 5.75 Å². The lowest BCUT2D eigenvalue weighted by atomic mass is 9.92. The van der Waals surface area contributed by atoms with E-state index in [1.54, 1.807) is 19.2 Å². The van der Waals surface area contributed by atoms with Crippen LogP contribution in [0.4, 0.5) is 13.2 Å². The van der Waals surface area contributed by atoms with Gasteiger partial charge in [-0.2, -0.15) is 0 Å². The number of aromatic hydroxyl groups is 1. The number of aromatic nitrogens is 2. The summed E-state index contributed by atoms with van der Waals surface area (Å²) < 4.78 is 45.8. The van der Waals surface area contributed by atoms with Crippen molar-refractivity contribution in [1.82, 2.24) is 20.2 Å². The predicted octanol–water partition coefficient (Wildman–Crippen LogP) is 3.03. The molecule has 0 bridgehead atoms. The van der Waals surface area contributed by atoms with Crippen LogP contribution in [0.5, 0.6) is 5.75 Å². The summed E-state index contributed by atoms with van der Waals surface area (Å²) >= 11 is 0. The van der Waals surface area contributed by atoms with Crippen molar-refractivity contribution in [2.24, 2.45) is 0 Å². The Morgan fingerprint density at radius 2 is 1.87 bits per heavy atom. The van der Waals surface area contributed by atoms with Crippen molar-refractivity contribution in [2.75, 3.05) is 33.3 Å². The Kier molecular flexibility index (Phi) is 9.18. The Labute approximate surface area is 218 Å². The molecule has 1 aliphatic heterocycles. The molecule has 0 amide bonds. The molecule has 200 valence electrons. The highest BCUT2D eigenvalue weighted by atomic mass is 19.3. The molecule has 38 heavy (non-hydrogen) atoms. The molecule has 3 aromatic rings. The highest BCUT2D eigenvalue weighted by Crippen LogP contribution is 2.25. The molecule has 0 aliphatic carbocycles. The summed E-state index contributed by atoms with van der Waals surface area (Å²) in [6, 6.07) is 12.4. The number of rotatable bonds is 10. The van der Waals surface area contributed by atoms with E-state index >= 15 is 4.39 Å². The van der Waals surface area contributed by atoms with Gasteiger partial charge >= 0.3 is 0 Å². The van der Waals surface area contributed by atoms with Gasteiger partial charge in [-0.15, -0.1) is 0 Å². The van der Waals surface area contributed by atoms with Crippen LogP contribution in [0.2, 0.25) is 0 Å². The van der Waals surface area contributed by atoms with Crippen LogP contribution in [0, 0.1) is 17.7 Å². The second-order valence-electron chi connectivity index (χ2n) is 9.21. The average molecular weight is 527 g/mol. The van der Waals surface area contributed by atoms with Gasteiger partial charge in [0.15, 0.2) is 0 Å². The van der Waals surface area contributed by atoms with Crippen molar-refractivity contribution in [2.45, 2.75) is 31.4 Å². The number of alkyl halides is 2. The summed E-state index contributed by atoms with van der Waals surface area (Å²) in [4.78, 5) is 20.2. The monoisotopic (exact) mass is 526 g/mol. The molecular weight excluding hydrogens is 497 g/mol. The molecule has 3 N–H and O–H groups in total. The quantitative estimate of drug-likeness (QED) is 0.352. The number of hydrogen-bond acceptors (Lipinski definition) is 6. The van der Waals surface area contributed by atoms with Gasteiger partial charge in [0.05, 0.1) is 24.7 Å². The molecule has 1 saturated heterocycles. The molecule has 1 aromatic heterocycles. The fourth-order valence-corrected chi connectivity index (χ4v) is 4.30. The molecule has 1 unspecified atom stereocenters. The van der Waals surface area contributed by atoms with Crippen LogP contribution in [0.3, 0.4) is 0 Å². The van der Waals surface area contributed by atoms with Gasteiger partial charge in [0, 0.05) is 56.8 Å². The lowest BCUT2D eigenvalue weighted by Crippen LogP contribution is -2.50. The zero-order chi connectivity index (χ0) is 27.1. The number of hydrogen-bond donors (Lipinski definition) is 3. The van der Waals surface area contributed by atoms with E-state index in [1.807, 2.05) is 24.3 Å². The normalized spacial score (nSPS) is 14.7. The van der Waals surface area contributed by atoms with Crippen LogP contribution >= 0.6 is 0 Å². The van der Waals surface area contributed by atoms with Crippen molar-refractivity contribution < 1.29 is 23.0 Å². The number of aromatic amines is 1. The standard InChI is InChI=1S/C28H29F3N4O3/c1-38-22-15-35(16-22)14-20-6-3-18(4-7-20)2-5-19-8-9-23(24(29)10-19)21(12-32-13-26(30)31)11-25-27(36)28(37)34-17-33-25/h3-4,6-10,17,21-22,26,32,36H,11-16H2,1H3,(H,33,34,37). The molecule has 0 radical (unpaired) electrons. The summed E-state index contributed by atoms with van der Waals surface area (Å²) in [6.07, 6.45) is -1.16. The molecule has 7 nitrogen and oxygen atoms in total. The van der Waals surface area contributed by atoms with Gasteiger partial charge in [0.1, 0.15) is 5.82 Å². The topological polar surface area (TPSA) is 90.5 Å². The molecule has 0 spiro atoms. The molecule has 1 aliphatic rings. The summed E-state index contributed by atoms with van der Waals surface area (Å²) in [5.41, 5.74) is 1.99. The van der Waals surface area contributed by atoms with E-state index in [0.717, 1.165) is 31.5 Å². The van der Waals surface area contributed by atoms with E-state index in [0.29, 0.717) is 11.7 Å². The number of ether oxygens (including phenoxy) is 1. The van der Waals surface area contributed by atoms with Crippen LogP contribution < -0.4 is 10.9 Å². The minimum absolute atomic E-state index is 0.00386. The van der Waals surface area contributed by atoms with Gasteiger partial charge in [-0.25, -0.2) is 18.2 Å². The first-order valence-corrected chi connectivity index (χ1v) is 12.2. The minimum Gasteiger partial charge on any atom is -0.502 e. The number of benzene rings is 2. The first kappa shape index (κ1) is 27.4. The highest BCUT2D eigenvalue weighted by molar-refractivity contribution is 5.45. The fraction of sp³-hybridized carbons (Fsp3) is 0.357. The predicted molar refractivity (Wildman–Crippen MR) is 137 cm³/mol. The van der Waals surface area contributed by atoms with Crippen LogP contribution in [-0.4, -0.2) is 65.8 Å². The summed E-state index contributed by atoms with van der Waals surface area (Å²) in [5.74, 6) is 4.19. The zero-order valence-corrected chi connectivity index (χ0v) is 20.9. The largest absolute Gasteiger partial charge is 0.502 e. The molecule has 2 heterocycles. The maximum Gasteiger partial charge on any atom is 0.293 e. The molecular formula is C28H29F3N4O3. The Bertz CT molecular complexity index is 1350. The van der Waals surface area contributed by atoms with E-state index < -0.39 is 36.0 Å². The smallest absolute Gasteiger partial charge is 0.293 e. The summed E-state index contributed by atoms with van der Waals surface area (Å²) in [5, 5.41) is 12.6. The van der Waals surface area contributed by atoms with E-state index in [1.165, 1.54) is 11.6 Å². The third-order valence-corrected chi connectivity index (χ3v) is 6.44. The van der Waals surface area contributed by atoms with Gasteiger partial charge in [-0.3, -0.25) is 9.69 Å². The maximum atomic E-state index is 15.2. The van der Waals surface area contributed by atoms with E-state index in [-0.39, 0.29) is 24.2 Å². The zero-order valence-electron chi connectivity index (χ0n) is 20.9. The SMILES string of the molecule is COC1CN(Cc2ccc(C#Cc3ccc(C(CNCC(F)F)Cc4nc[nH]c(=O)c4O)c(F)c3)cc2)C1. The lowest BCUT2D eigenvalue weighted by molar-refractivity contribution is -0.0333. The second-order valence-corrected chi connectivity index (χ2v) is 9.21. The van der Waals surface area contributed by atoms with Crippen LogP contribution in [-0.2, 0) is 17.7 Å². The highest BCUT2D eigenvalue weighted by Gasteiger charge is 2.26. The van der Waals surface area contributed by atoms with Crippen molar-refractivity contribution in [1.29, 1.82) is 0 Å². The minimum atomic E-state index is -2.57. The third-order valence-electron chi connectivity index (χ3n) is 6.44.